The van der Waals surface area contributed by atoms with Gasteiger partial charge in [0.2, 0.25) is 5.78 Å². The number of hydrogen-bond acceptors (Lipinski definition) is 5. The highest BCUT2D eigenvalue weighted by Crippen LogP contribution is 2.49. The van der Waals surface area contributed by atoms with Crippen LogP contribution in [0.1, 0.15) is 86.6 Å². The Hall–Kier alpha value is -3.60. The number of para-hydroxylation sites is 2. The smallest absolute Gasteiger partial charge is 0.201 e. The van der Waals surface area contributed by atoms with Gasteiger partial charge in [-0.25, -0.2) is 0 Å². The molecule has 212 valence electrons. The Morgan fingerprint density at radius 3 is 2.46 bits per heavy atom. The van der Waals surface area contributed by atoms with Gasteiger partial charge in [-0.05, 0) is 80.0 Å². The van der Waals surface area contributed by atoms with E-state index in [1.165, 1.54) is 0 Å². The van der Waals surface area contributed by atoms with Crippen molar-refractivity contribution in [1.29, 1.82) is 0 Å². The molecular formula is C36H39NO4. The first-order valence-corrected chi connectivity index (χ1v) is 15.1. The van der Waals surface area contributed by atoms with Gasteiger partial charge in [-0.1, -0.05) is 57.2 Å². The van der Waals surface area contributed by atoms with Crippen LogP contribution in [-0.4, -0.2) is 22.3 Å². The lowest BCUT2D eigenvalue weighted by molar-refractivity contribution is -0.134. The second kappa shape index (κ2) is 11.0. The molecule has 6 rings (SSSR count). The van der Waals surface area contributed by atoms with Crippen LogP contribution >= 0.6 is 0 Å². The van der Waals surface area contributed by atoms with Crippen molar-refractivity contribution in [2.75, 3.05) is 0 Å². The Labute approximate surface area is 241 Å². The van der Waals surface area contributed by atoms with Crippen molar-refractivity contribution in [1.82, 2.24) is 4.98 Å². The molecule has 2 aliphatic carbocycles. The van der Waals surface area contributed by atoms with E-state index in [-0.39, 0.29) is 46.4 Å². The second-order valence-electron chi connectivity index (χ2n) is 13.4. The zero-order valence-electron chi connectivity index (χ0n) is 24.3. The number of nitrogens with zero attached hydrogens (tertiary/aromatic N) is 1. The summed E-state index contributed by atoms with van der Waals surface area (Å²) in [5.74, 6) is 1.13. The summed E-state index contributed by atoms with van der Waals surface area (Å²) in [5, 5.41) is 1.89. The van der Waals surface area contributed by atoms with E-state index in [1.807, 2.05) is 60.7 Å². The number of pyridine rings is 1. The number of furan rings is 1. The molecule has 4 aromatic rings. The number of carbonyl (C=O) groups is 3. The van der Waals surface area contributed by atoms with Crippen molar-refractivity contribution >= 4 is 39.2 Å². The van der Waals surface area contributed by atoms with E-state index in [0.717, 1.165) is 54.0 Å². The van der Waals surface area contributed by atoms with Gasteiger partial charge in [0.05, 0.1) is 5.52 Å². The minimum atomic E-state index is -0.256. The number of ketones is 3. The molecule has 2 aromatic heterocycles. The normalized spacial score (nSPS) is 23.4. The van der Waals surface area contributed by atoms with Crippen LogP contribution in [0, 0.1) is 35.0 Å². The van der Waals surface area contributed by atoms with Crippen molar-refractivity contribution < 1.29 is 18.8 Å². The van der Waals surface area contributed by atoms with Gasteiger partial charge in [0.15, 0.2) is 11.5 Å². The monoisotopic (exact) mass is 549 g/mol. The summed E-state index contributed by atoms with van der Waals surface area (Å²) >= 11 is 0. The maximum atomic E-state index is 14.2. The molecule has 41 heavy (non-hydrogen) atoms. The van der Waals surface area contributed by atoms with Gasteiger partial charge >= 0.3 is 0 Å². The summed E-state index contributed by atoms with van der Waals surface area (Å²) in [6.45, 7) is 6.33. The van der Waals surface area contributed by atoms with Crippen molar-refractivity contribution in [2.24, 2.45) is 35.0 Å². The molecule has 2 aliphatic rings. The van der Waals surface area contributed by atoms with Gasteiger partial charge in [0.1, 0.15) is 11.4 Å². The lowest BCUT2D eigenvalue weighted by Gasteiger charge is -2.44. The molecule has 0 N–H and O–H groups in total. The lowest BCUT2D eigenvalue weighted by atomic mass is 9.59. The van der Waals surface area contributed by atoms with E-state index in [1.54, 1.807) is 6.20 Å². The third-order valence-corrected chi connectivity index (χ3v) is 9.66. The quantitative estimate of drug-likeness (QED) is 0.206. The molecule has 2 heterocycles. The summed E-state index contributed by atoms with van der Waals surface area (Å²) < 4.78 is 5.92. The molecule has 2 bridgehead atoms. The summed E-state index contributed by atoms with van der Waals surface area (Å²) in [4.78, 5) is 45.4. The molecule has 0 radical (unpaired) electrons. The molecule has 0 amide bonds. The fourth-order valence-corrected chi connectivity index (χ4v) is 7.50. The standard InChI is InChI=1S/C36H39NO4/c1-36(2,3)29(14-15-31(38)27-18-23-8-4-6-10-30(23)37-21-27)35(40)28-13-12-22-16-25(28)19-26(17-22)34(39)33-20-24-9-5-7-11-32(24)41-33/h4-11,18,20-22,25-26,28-29H,12-17,19H2,1-3H3. The molecule has 2 saturated carbocycles. The SMILES string of the molecule is CC(C)(C)C(CCC(=O)c1cnc2ccccc2c1)C(=O)C1CCC2CC(C(=O)c3cc4ccccc4o3)CC1C2. The van der Waals surface area contributed by atoms with Crippen LogP contribution in [0.2, 0.25) is 0 Å². The minimum absolute atomic E-state index is 0.0307. The van der Waals surface area contributed by atoms with Crippen molar-refractivity contribution in [3.63, 3.8) is 0 Å². The third kappa shape index (κ3) is 5.64. The van der Waals surface area contributed by atoms with Crippen molar-refractivity contribution in [2.45, 2.75) is 65.7 Å². The van der Waals surface area contributed by atoms with Gasteiger partial charge in [-0.15, -0.1) is 0 Å². The molecule has 5 nitrogen and oxygen atoms in total. The average Bonchev–Trinajstić information content (AvgIpc) is 3.40. The highest BCUT2D eigenvalue weighted by atomic mass is 16.3. The van der Waals surface area contributed by atoms with Crippen LogP contribution in [0.5, 0.6) is 0 Å². The van der Waals surface area contributed by atoms with Crippen molar-refractivity contribution in [3.8, 4) is 0 Å². The number of rotatable bonds is 8. The Bertz CT molecular complexity index is 1580. The molecule has 0 spiro atoms. The van der Waals surface area contributed by atoms with E-state index in [9.17, 15) is 14.4 Å². The number of hydrogen-bond donors (Lipinski definition) is 0. The summed E-state index contributed by atoms with van der Waals surface area (Å²) in [6.07, 6.45) is 7.00. The van der Waals surface area contributed by atoms with Crippen LogP contribution in [0.4, 0.5) is 0 Å². The van der Waals surface area contributed by atoms with Crippen LogP contribution in [-0.2, 0) is 4.79 Å². The number of Topliss-reactive ketones (excluding diaryl/α,β-unsaturated/α-hetero) is 3. The number of carbonyl (C=O) groups excluding carboxylic acids is 3. The predicted octanol–water partition coefficient (Wildman–Crippen LogP) is 8.50. The number of fused-ring (bicyclic) bond motifs is 4. The fourth-order valence-electron chi connectivity index (χ4n) is 7.50. The summed E-state index contributed by atoms with van der Waals surface area (Å²) in [7, 11) is 0. The zero-order chi connectivity index (χ0) is 28.7. The summed E-state index contributed by atoms with van der Waals surface area (Å²) in [5.41, 5.74) is 1.95. The van der Waals surface area contributed by atoms with E-state index in [0.29, 0.717) is 30.1 Å². The summed E-state index contributed by atoms with van der Waals surface area (Å²) in [6, 6.07) is 19.3. The van der Waals surface area contributed by atoms with Gasteiger partial charge < -0.3 is 4.42 Å². The molecule has 5 atom stereocenters. The number of aromatic nitrogens is 1. The topological polar surface area (TPSA) is 77.2 Å². The Morgan fingerprint density at radius 2 is 1.68 bits per heavy atom. The van der Waals surface area contributed by atoms with E-state index >= 15 is 0 Å². The highest BCUT2D eigenvalue weighted by molar-refractivity contribution is 6.00. The van der Waals surface area contributed by atoms with Crippen LogP contribution in [0.25, 0.3) is 21.9 Å². The van der Waals surface area contributed by atoms with Gasteiger partial charge in [-0.3, -0.25) is 19.4 Å². The second-order valence-corrected chi connectivity index (χ2v) is 13.4. The van der Waals surface area contributed by atoms with E-state index in [4.69, 9.17) is 4.42 Å². The largest absolute Gasteiger partial charge is 0.453 e. The highest BCUT2D eigenvalue weighted by Gasteiger charge is 2.46. The van der Waals surface area contributed by atoms with Crippen LogP contribution in [0.15, 0.2) is 71.3 Å². The fraction of sp³-hybridized carbons (Fsp3) is 0.444. The van der Waals surface area contributed by atoms with Crippen LogP contribution in [0.3, 0.4) is 0 Å². The maximum absolute atomic E-state index is 14.2. The first-order chi connectivity index (χ1) is 19.7. The third-order valence-electron chi connectivity index (χ3n) is 9.66. The Kier molecular flexibility index (Phi) is 7.39. The average molecular weight is 550 g/mol. The van der Waals surface area contributed by atoms with Gasteiger partial charge in [0, 0.05) is 46.7 Å². The molecule has 5 unspecified atom stereocenters. The van der Waals surface area contributed by atoms with Gasteiger partial charge in [-0.2, -0.15) is 0 Å². The molecule has 0 saturated heterocycles. The zero-order valence-corrected chi connectivity index (χ0v) is 24.3. The Balaban J connectivity index is 1.15. The molecule has 0 aliphatic heterocycles. The number of benzene rings is 2. The molecule has 2 fully saturated rings. The molecule has 2 aromatic carbocycles. The van der Waals surface area contributed by atoms with E-state index in [2.05, 4.69) is 25.8 Å². The van der Waals surface area contributed by atoms with E-state index < -0.39 is 0 Å². The molecular weight excluding hydrogens is 510 g/mol. The van der Waals surface area contributed by atoms with Gasteiger partial charge in [0.25, 0.3) is 0 Å². The first kappa shape index (κ1) is 27.6. The Morgan fingerprint density at radius 1 is 0.927 bits per heavy atom. The maximum Gasteiger partial charge on any atom is 0.201 e. The molecule has 5 heteroatoms. The van der Waals surface area contributed by atoms with Crippen molar-refractivity contribution in [3.05, 3.63) is 78.2 Å². The lowest BCUT2D eigenvalue weighted by Crippen LogP contribution is -2.43. The minimum Gasteiger partial charge on any atom is -0.453 e. The predicted molar refractivity (Wildman–Crippen MR) is 161 cm³/mol. The van der Waals surface area contributed by atoms with Crippen LogP contribution < -0.4 is 0 Å². The first-order valence-electron chi connectivity index (χ1n) is 15.1.